The van der Waals surface area contributed by atoms with Crippen molar-refractivity contribution in [1.29, 1.82) is 0 Å². The molecule has 4 aromatic rings. The van der Waals surface area contributed by atoms with Crippen LogP contribution in [0.25, 0.3) is 11.4 Å². The van der Waals surface area contributed by atoms with Crippen LogP contribution in [-0.2, 0) is 21.4 Å². The van der Waals surface area contributed by atoms with Crippen LogP contribution < -0.4 is 9.46 Å². The van der Waals surface area contributed by atoms with Gasteiger partial charge in [0, 0.05) is 0 Å². The van der Waals surface area contributed by atoms with E-state index < -0.39 is 16.0 Å². The Morgan fingerprint density at radius 2 is 1.77 bits per heavy atom. The molecule has 0 spiro atoms. The Bertz CT molecular complexity index is 1480. The molecule has 0 aliphatic heterocycles. The van der Waals surface area contributed by atoms with Crippen molar-refractivity contribution < 1.29 is 27.2 Å². The second kappa shape index (κ2) is 9.98. The fraction of sp³-hybridized carbons (Fsp3) is 0.160. The van der Waals surface area contributed by atoms with E-state index >= 15 is 0 Å². The van der Waals surface area contributed by atoms with Gasteiger partial charge in [0.15, 0.2) is 6.61 Å². The number of para-hydroxylation sites is 2. The molecule has 0 aliphatic carbocycles. The number of esters is 1. The molecule has 35 heavy (non-hydrogen) atoms. The molecule has 10 heteroatoms. The zero-order valence-corrected chi connectivity index (χ0v) is 20.1. The highest BCUT2D eigenvalue weighted by Gasteiger charge is 2.22. The van der Waals surface area contributed by atoms with Gasteiger partial charge in [0.05, 0.1) is 28.8 Å². The van der Waals surface area contributed by atoms with E-state index in [2.05, 4.69) is 14.9 Å². The van der Waals surface area contributed by atoms with Gasteiger partial charge in [0.25, 0.3) is 15.9 Å². The first-order chi connectivity index (χ1) is 16.8. The van der Waals surface area contributed by atoms with Gasteiger partial charge in [-0.1, -0.05) is 41.6 Å². The molecule has 0 unspecified atom stereocenters. The normalized spacial score (nSPS) is 11.2. The van der Waals surface area contributed by atoms with Gasteiger partial charge in [-0.2, -0.15) is 4.98 Å². The Morgan fingerprint density at radius 1 is 1.03 bits per heavy atom. The molecular weight excluding hydrogens is 470 g/mol. The third-order valence-corrected chi connectivity index (χ3v) is 6.67. The van der Waals surface area contributed by atoms with Gasteiger partial charge in [-0.3, -0.25) is 4.72 Å². The Kier molecular flexibility index (Phi) is 6.83. The zero-order chi connectivity index (χ0) is 25.0. The van der Waals surface area contributed by atoms with Crippen molar-refractivity contribution in [3.8, 4) is 17.1 Å². The summed E-state index contributed by atoms with van der Waals surface area (Å²) in [6.45, 7) is 3.22. The molecule has 4 rings (SSSR count). The number of methoxy groups -OCH3 is 1. The van der Waals surface area contributed by atoms with Crippen molar-refractivity contribution in [2.45, 2.75) is 25.3 Å². The number of rotatable bonds is 8. The summed E-state index contributed by atoms with van der Waals surface area (Å²) in [5.74, 6) is 0.186. The van der Waals surface area contributed by atoms with Crippen LogP contribution in [-0.4, -0.2) is 31.6 Å². The maximum atomic E-state index is 13.0. The summed E-state index contributed by atoms with van der Waals surface area (Å²) >= 11 is 0. The van der Waals surface area contributed by atoms with Gasteiger partial charge in [0.2, 0.25) is 5.82 Å². The number of aromatic nitrogens is 2. The highest BCUT2D eigenvalue weighted by atomic mass is 32.2. The minimum Gasteiger partial charge on any atom is -0.496 e. The van der Waals surface area contributed by atoms with Crippen LogP contribution in [0.2, 0.25) is 0 Å². The quantitative estimate of drug-likeness (QED) is 0.356. The average Bonchev–Trinajstić information content (AvgIpc) is 3.33. The third kappa shape index (κ3) is 5.33. The number of carbonyl (C=O) groups excluding carboxylic acids is 1. The number of hydrogen-bond acceptors (Lipinski definition) is 8. The number of anilines is 1. The first-order valence-electron chi connectivity index (χ1n) is 10.6. The molecule has 180 valence electrons. The van der Waals surface area contributed by atoms with Crippen LogP contribution in [0.4, 0.5) is 5.69 Å². The second-order valence-corrected chi connectivity index (χ2v) is 9.36. The molecule has 1 N–H and O–H groups in total. The lowest BCUT2D eigenvalue weighted by Crippen LogP contribution is -2.17. The summed E-state index contributed by atoms with van der Waals surface area (Å²) < 4.78 is 44.3. The van der Waals surface area contributed by atoms with Gasteiger partial charge in [-0.25, -0.2) is 13.2 Å². The number of ether oxygens (including phenoxy) is 2. The fourth-order valence-electron chi connectivity index (χ4n) is 3.40. The fourth-order valence-corrected chi connectivity index (χ4v) is 4.81. The van der Waals surface area contributed by atoms with Gasteiger partial charge < -0.3 is 14.0 Å². The Labute approximate surface area is 202 Å². The number of benzene rings is 3. The number of sulfonamides is 1. The number of nitrogens with one attached hydrogen (secondary N) is 1. The van der Waals surface area contributed by atoms with E-state index in [0.29, 0.717) is 16.9 Å². The Hall–Kier alpha value is -4.18. The smallest absolute Gasteiger partial charge is 0.340 e. The maximum absolute atomic E-state index is 13.0. The summed E-state index contributed by atoms with van der Waals surface area (Å²) in [4.78, 5) is 17.2. The molecule has 3 aromatic carbocycles. The summed E-state index contributed by atoms with van der Waals surface area (Å²) in [6, 6.07) is 18.5. The van der Waals surface area contributed by atoms with Gasteiger partial charge >= 0.3 is 5.97 Å². The van der Waals surface area contributed by atoms with E-state index in [4.69, 9.17) is 14.0 Å². The van der Waals surface area contributed by atoms with Crippen LogP contribution in [0, 0.1) is 13.8 Å². The van der Waals surface area contributed by atoms with Crippen LogP contribution in [0.5, 0.6) is 5.75 Å². The molecule has 0 saturated heterocycles. The maximum Gasteiger partial charge on any atom is 0.340 e. The van der Waals surface area contributed by atoms with Crippen molar-refractivity contribution in [3.05, 3.63) is 89.3 Å². The van der Waals surface area contributed by atoms with Gasteiger partial charge in [-0.15, -0.1) is 0 Å². The minimum absolute atomic E-state index is 0.0471. The molecule has 9 nitrogen and oxygen atoms in total. The molecule has 0 atom stereocenters. The largest absolute Gasteiger partial charge is 0.496 e. The first-order valence-corrected chi connectivity index (χ1v) is 12.1. The highest BCUT2D eigenvalue weighted by molar-refractivity contribution is 7.92. The van der Waals surface area contributed by atoms with Crippen molar-refractivity contribution in [2.24, 2.45) is 0 Å². The lowest BCUT2D eigenvalue weighted by molar-refractivity contribution is 0.0431. The van der Waals surface area contributed by atoms with E-state index in [1.807, 2.05) is 18.2 Å². The van der Waals surface area contributed by atoms with Crippen molar-refractivity contribution in [1.82, 2.24) is 10.1 Å². The van der Waals surface area contributed by atoms with E-state index in [1.54, 1.807) is 50.2 Å². The average molecular weight is 494 g/mol. The molecular formula is C25H23N3O6S. The summed E-state index contributed by atoms with van der Waals surface area (Å²) in [6.07, 6.45) is 0. The minimum atomic E-state index is -3.93. The first kappa shape index (κ1) is 24.0. The van der Waals surface area contributed by atoms with Crippen LogP contribution in [0.1, 0.15) is 27.4 Å². The lowest BCUT2D eigenvalue weighted by atomic mass is 10.2. The predicted octanol–water partition coefficient (Wildman–Crippen LogP) is 4.52. The van der Waals surface area contributed by atoms with Crippen LogP contribution in [0.3, 0.4) is 0 Å². The Morgan fingerprint density at radius 3 is 2.57 bits per heavy atom. The number of hydrogen-bond donors (Lipinski definition) is 1. The zero-order valence-electron chi connectivity index (χ0n) is 19.3. The van der Waals surface area contributed by atoms with Crippen molar-refractivity contribution in [2.75, 3.05) is 11.8 Å². The summed E-state index contributed by atoms with van der Waals surface area (Å²) in [5, 5.41) is 3.91. The van der Waals surface area contributed by atoms with Crippen molar-refractivity contribution in [3.63, 3.8) is 0 Å². The summed E-state index contributed by atoms with van der Waals surface area (Å²) in [7, 11) is -2.40. The highest BCUT2D eigenvalue weighted by Crippen LogP contribution is 2.27. The number of aryl methyl sites for hydroxylation is 2. The molecule has 0 radical (unpaired) electrons. The van der Waals surface area contributed by atoms with Crippen LogP contribution in [0.15, 0.2) is 76.1 Å². The molecule has 1 heterocycles. The van der Waals surface area contributed by atoms with E-state index in [9.17, 15) is 13.2 Å². The monoisotopic (exact) mass is 493 g/mol. The van der Waals surface area contributed by atoms with Crippen molar-refractivity contribution >= 4 is 21.7 Å². The lowest BCUT2D eigenvalue weighted by Gasteiger charge is -2.13. The van der Waals surface area contributed by atoms with Crippen LogP contribution >= 0.6 is 0 Å². The number of nitrogens with zero attached hydrogens (tertiary/aromatic N) is 2. The third-order valence-electron chi connectivity index (χ3n) is 5.17. The second-order valence-electron chi connectivity index (χ2n) is 7.71. The predicted molar refractivity (Wildman–Crippen MR) is 129 cm³/mol. The topological polar surface area (TPSA) is 121 Å². The van der Waals surface area contributed by atoms with Gasteiger partial charge in [0.1, 0.15) is 5.75 Å². The Balaban J connectivity index is 1.50. The molecule has 0 bridgehead atoms. The molecule has 0 amide bonds. The number of carbonyl (C=O) groups is 1. The van der Waals surface area contributed by atoms with E-state index in [0.717, 1.165) is 5.56 Å². The summed E-state index contributed by atoms with van der Waals surface area (Å²) in [5.41, 5.74) is 2.16. The van der Waals surface area contributed by atoms with E-state index in [-0.39, 0.29) is 34.5 Å². The van der Waals surface area contributed by atoms with Gasteiger partial charge in [-0.05, 0) is 55.3 Å². The molecule has 0 saturated carbocycles. The SMILES string of the molecule is COc1ccccc1-c1noc(COC(=O)c2ccccc2NS(=O)(=O)c2cc(C)ccc2C)n1. The molecule has 1 aromatic heterocycles. The molecule has 0 aliphatic rings. The van der Waals surface area contributed by atoms with E-state index in [1.165, 1.54) is 19.2 Å². The molecule has 0 fully saturated rings. The standard InChI is InChI=1S/C25H23N3O6S/c1-16-12-13-17(2)22(14-16)35(30,31)28-20-10-6-4-8-18(20)25(29)33-15-23-26-24(27-34-23)19-9-5-7-11-21(19)32-3/h4-14,28H,15H2,1-3H3.